The van der Waals surface area contributed by atoms with Crippen LogP contribution in [0.2, 0.25) is 5.02 Å². The Hall–Kier alpha value is -0.800. The lowest BCUT2D eigenvalue weighted by molar-refractivity contribution is 0.101. The topological polar surface area (TPSA) is 26.3 Å². The molecule has 0 saturated heterocycles. The van der Waals surface area contributed by atoms with Crippen molar-refractivity contribution in [2.24, 2.45) is 0 Å². The minimum atomic E-state index is 0.00435. The van der Waals surface area contributed by atoms with Crippen molar-refractivity contribution in [2.75, 3.05) is 6.61 Å². The van der Waals surface area contributed by atoms with Gasteiger partial charge in [-0.05, 0) is 24.3 Å². The van der Waals surface area contributed by atoms with E-state index < -0.39 is 0 Å². The van der Waals surface area contributed by atoms with Crippen molar-refractivity contribution < 1.29 is 9.53 Å². The van der Waals surface area contributed by atoms with E-state index >= 15 is 0 Å². The molecule has 2 rings (SSSR count). The fraction of sp³-hybridized carbons (Fsp3) is 0.300. The molecule has 0 amide bonds. The minimum Gasteiger partial charge on any atom is -0.501 e. The summed E-state index contributed by atoms with van der Waals surface area (Å²) in [6.07, 6.45) is 3.25. The Morgan fingerprint density at radius 1 is 1.57 bits per heavy atom. The highest BCUT2D eigenvalue weighted by atomic mass is 35.5. The predicted molar refractivity (Wildman–Crippen MR) is 56.9 cm³/mol. The van der Waals surface area contributed by atoms with Gasteiger partial charge in [0.25, 0.3) is 0 Å². The van der Waals surface area contributed by atoms with E-state index in [1.807, 2.05) is 5.38 Å². The molecule has 2 heterocycles. The molecule has 14 heavy (non-hydrogen) atoms. The van der Waals surface area contributed by atoms with E-state index in [2.05, 4.69) is 0 Å². The zero-order valence-electron chi connectivity index (χ0n) is 7.46. The van der Waals surface area contributed by atoms with Gasteiger partial charge in [0.05, 0.1) is 22.8 Å². The van der Waals surface area contributed by atoms with Crippen LogP contribution in [-0.2, 0) is 4.74 Å². The molecule has 0 aliphatic carbocycles. The number of allylic oxidation sites excluding steroid dienone is 1. The number of carbonyl (C=O) groups excluding carboxylic acids is 1. The molecule has 0 unspecified atom stereocenters. The van der Waals surface area contributed by atoms with Crippen molar-refractivity contribution in [1.82, 2.24) is 0 Å². The molecular formula is C10H9ClO2S. The van der Waals surface area contributed by atoms with Crippen molar-refractivity contribution in [2.45, 2.75) is 12.8 Å². The summed E-state index contributed by atoms with van der Waals surface area (Å²) in [4.78, 5) is 12.5. The van der Waals surface area contributed by atoms with E-state index in [9.17, 15) is 4.79 Å². The highest BCUT2D eigenvalue weighted by Gasteiger charge is 2.18. The number of carbonyl (C=O) groups is 1. The molecule has 2 nitrogen and oxygen atoms in total. The summed E-state index contributed by atoms with van der Waals surface area (Å²) < 4.78 is 5.12. The van der Waals surface area contributed by atoms with Gasteiger partial charge in [-0.15, -0.1) is 11.3 Å². The molecule has 1 aliphatic rings. The Morgan fingerprint density at radius 3 is 3.00 bits per heavy atom. The molecule has 1 aromatic heterocycles. The number of hydrogen-bond donors (Lipinski definition) is 0. The highest BCUT2D eigenvalue weighted by molar-refractivity contribution is 7.13. The molecule has 0 saturated carbocycles. The number of hydrogen-bond acceptors (Lipinski definition) is 3. The lowest BCUT2D eigenvalue weighted by Crippen LogP contribution is -2.08. The molecule has 1 aliphatic heterocycles. The monoisotopic (exact) mass is 228 g/mol. The summed E-state index contributed by atoms with van der Waals surface area (Å²) in [6.45, 7) is 0.703. The molecule has 0 spiro atoms. The number of ketones is 1. The lowest BCUT2D eigenvalue weighted by atomic mass is 10.1. The fourth-order valence-electron chi connectivity index (χ4n) is 1.33. The van der Waals surface area contributed by atoms with Crippen LogP contribution in [0.5, 0.6) is 0 Å². The van der Waals surface area contributed by atoms with Gasteiger partial charge >= 0.3 is 0 Å². The van der Waals surface area contributed by atoms with Gasteiger partial charge in [0.1, 0.15) is 0 Å². The summed E-state index contributed by atoms with van der Waals surface area (Å²) in [5.74, 6) is 0.00435. The number of rotatable bonds is 2. The zero-order chi connectivity index (χ0) is 9.97. The van der Waals surface area contributed by atoms with Gasteiger partial charge in [-0.25, -0.2) is 0 Å². The van der Waals surface area contributed by atoms with E-state index in [1.165, 1.54) is 11.3 Å². The third-order valence-corrected chi connectivity index (χ3v) is 3.39. The molecule has 0 bridgehead atoms. The third-order valence-electron chi connectivity index (χ3n) is 2.05. The summed E-state index contributed by atoms with van der Waals surface area (Å²) >= 11 is 7.25. The Labute approximate surface area is 91.1 Å². The van der Waals surface area contributed by atoms with Crippen LogP contribution in [0.4, 0.5) is 0 Å². The fourth-order valence-corrected chi connectivity index (χ4v) is 2.45. The van der Waals surface area contributed by atoms with Gasteiger partial charge in [0.2, 0.25) is 5.78 Å². The van der Waals surface area contributed by atoms with Crippen LogP contribution in [0.15, 0.2) is 23.3 Å². The van der Waals surface area contributed by atoms with Gasteiger partial charge in [0, 0.05) is 5.57 Å². The molecule has 0 radical (unpaired) electrons. The van der Waals surface area contributed by atoms with E-state index in [0.717, 1.165) is 18.4 Å². The standard InChI is InChI=1S/C10H9ClO2S/c11-8-3-5-14-10(8)9(12)7-2-1-4-13-6-7/h3,5-6H,1-2,4H2. The van der Waals surface area contributed by atoms with Gasteiger partial charge in [-0.1, -0.05) is 11.6 Å². The maximum absolute atomic E-state index is 11.9. The van der Waals surface area contributed by atoms with Crippen molar-refractivity contribution in [3.63, 3.8) is 0 Å². The normalized spacial score (nSPS) is 15.9. The first kappa shape index (κ1) is 9.74. The first-order valence-electron chi connectivity index (χ1n) is 4.37. The average Bonchev–Trinajstić information content (AvgIpc) is 2.65. The molecule has 0 fully saturated rings. The highest BCUT2D eigenvalue weighted by Crippen LogP contribution is 2.27. The second-order valence-corrected chi connectivity index (χ2v) is 4.37. The van der Waals surface area contributed by atoms with Gasteiger partial charge in [-0.2, -0.15) is 0 Å². The maximum Gasteiger partial charge on any atom is 0.203 e. The van der Waals surface area contributed by atoms with Crippen LogP contribution in [0.1, 0.15) is 22.5 Å². The zero-order valence-corrected chi connectivity index (χ0v) is 9.03. The van der Waals surface area contributed by atoms with Crippen molar-refractivity contribution in [1.29, 1.82) is 0 Å². The Kier molecular flexibility index (Phi) is 2.89. The average molecular weight is 229 g/mol. The van der Waals surface area contributed by atoms with Crippen molar-refractivity contribution >= 4 is 28.7 Å². The number of Topliss-reactive ketones (excluding diaryl/α,β-unsaturated/α-hetero) is 1. The maximum atomic E-state index is 11.9. The second kappa shape index (κ2) is 4.15. The SMILES string of the molecule is O=C(C1=COCCC1)c1sccc1Cl. The summed E-state index contributed by atoms with van der Waals surface area (Å²) in [5, 5.41) is 2.35. The minimum absolute atomic E-state index is 0.00435. The molecule has 4 heteroatoms. The van der Waals surface area contributed by atoms with Gasteiger partial charge < -0.3 is 4.74 Å². The quantitative estimate of drug-likeness (QED) is 0.727. The molecule has 0 atom stereocenters. The van der Waals surface area contributed by atoms with E-state index in [0.29, 0.717) is 16.5 Å². The van der Waals surface area contributed by atoms with Crippen molar-refractivity contribution in [3.05, 3.63) is 33.2 Å². The molecule has 1 aromatic rings. The van der Waals surface area contributed by atoms with Crippen molar-refractivity contribution in [3.8, 4) is 0 Å². The molecule has 0 aromatic carbocycles. The van der Waals surface area contributed by atoms with Crippen LogP contribution in [0.25, 0.3) is 0 Å². The Balaban J connectivity index is 2.23. The van der Waals surface area contributed by atoms with Crippen LogP contribution in [0.3, 0.4) is 0 Å². The lowest BCUT2D eigenvalue weighted by Gasteiger charge is -2.11. The van der Waals surface area contributed by atoms with Crippen LogP contribution in [0, 0.1) is 0 Å². The number of halogens is 1. The number of thiophene rings is 1. The second-order valence-electron chi connectivity index (χ2n) is 3.04. The van der Waals surface area contributed by atoms with E-state index in [-0.39, 0.29) is 5.78 Å². The van der Waals surface area contributed by atoms with Crippen LogP contribution in [-0.4, -0.2) is 12.4 Å². The number of ether oxygens (including phenoxy) is 1. The molecule has 0 N–H and O–H groups in total. The van der Waals surface area contributed by atoms with Crippen LogP contribution >= 0.6 is 22.9 Å². The van der Waals surface area contributed by atoms with E-state index in [1.54, 1.807) is 12.3 Å². The summed E-state index contributed by atoms with van der Waals surface area (Å²) in [7, 11) is 0. The first-order valence-corrected chi connectivity index (χ1v) is 5.63. The van der Waals surface area contributed by atoms with Gasteiger partial charge in [-0.3, -0.25) is 4.79 Å². The molecule has 74 valence electrons. The first-order chi connectivity index (χ1) is 6.79. The predicted octanol–water partition coefficient (Wildman–Crippen LogP) is 3.28. The van der Waals surface area contributed by atoms with E-state index in [4.69, 9.17) is 16.3 Å². The Bertz CT molecular complexity index is 381. The smallest absolute Gasteiger partial charge is 0.203 e. The molecular weight excluding hydrogens is 220 g/mol. The van der Waals surface area contributed by atoms with Gasteiger partial charge in [0.15, 0.2) is 0 Å². The Morgan fingerprint density at radius 2 is 2.43 bits per heavy atom. The summed E-state index contributed by atoms with van der Waals surface area (Å²) in [5.41, 5.74) is 0.723. The third kappa shape index (κ3) is 1.83. The summed E-state index contributed by atoms with van der Waals surface area (Å²) in [6, 6.07) is 1.74. The largest absolute Gasteiger partial charge is 0.501 e. The van der Waals surface area contributed by atoms with Crippen LogP contribution < -0.4 is 0 Å².